The number of likely N-dealkylation sites (tertiary alicyclic amines) is 1. The van der Waals surface area contributed by atoms with E-state index in [1.165, 1.54) is 0 Å². The molecule has 1 rings (SSSR count). The fourth-order valence-electron chi connectivity index (χ4n) is 1.99. The van der Waals surface area contributed by atoms with Crippen LogP contribution in [0.3, 0.4) is 0 Å². The molecule has 0 bridgehead atoms. The molecule has 0 saturated carbocycles. The number of ether oxygens (including phenoxy) is 1. The van der Waals surface area contributed by atoms with Gasteiger partial charge in [0.05, 0.1) is 6.26 Å². The van der Waals surface area contributed by atoms with E-state index >= 15 is 0 Å². The van der Waals surface area contributed by atoms with Crippen molar-refractivity contribution in [3.63, 3.8) is 0 Å². The first-order chi connectivity index (χ1) is 7.98. The SMILES string of the molecule is C[C@H]1C[C@H](NS(C)(=O)=O)CN1C(=O)OC(C)(C)C. The van der Waals surface area contributed by atoms with Crippen LogP contribution in [0.4, 0.5) is 4.79 Å². The van der Waals surface area contributed by atoms with E-state index in [9.17, 15) is 13.2 Å². The first-order valence-corrected chi connectivity index (χ1v) is 7.84. The number of nitrogens with one attached hydrogen (secondary N) is 1. The van der Waals surface area contributed by atoms with Crippen LogP contribution in [0.5, 0.6) is 0 Å². The number of nitrogens with zero attached hydrogens (tertiary/aromatic N) is 1. The Bertz CT molecular complexity index is 413. The van der Waals surface area contributed by atoms with Gasteiger partial charge in [-0.1, -0.05) is 0 Å². The highest BCUT2D eigenvalue weighted by Crippen LogP contribution is 2.21. The zero-order valence-electron chi connectivity index (χ0n) is 11.6. The summed E-state index contributed by atoms with van der Waals surface area (Å²) in [6.45, 7) is 7.64. The lowest BCUT2D eigenvalue weighted by atomic mass is 10.2. The third-order valence-electron chi connectivity index (χ3n) is 2.58. The van der Waals surface area contributed by atoms with Gasteiger partial charge < -0.3 is 9.64 Å². The molecule has 0 radical (unpaired) electrons. The zero-order valence-corrected chi connectivity index (χ0v) is 12.4. The number of carbonyl (C=O) groups is 1. The quantitative estimate of drug-likeness (QED) is 0.815. The van der Waals surface area contributed by atoms with Crippen molar-refractivity contribution in [2.75, 3.05) is 12.8 Å². The minimum atomic E-state index is -3.24. The molecule has 0 aromatic heterocycles. The minimum Gasteiger partial charge on any atom is -0.444 e. The van der Waals surface area contributed by atoms with Gasteiger partial charge in [-0.2, -0.15) is 0 Å². The summed E-state index contributed by atoms with van der Waals surface area (Å²) in [5, 5.41) is 0. The predicted octanol–water partition coefficient (Wildman–Crippen LogP) is 0.933. The van der Waals surface area contributed by atoms with E-state index in [4.69, 9.17) is 4.74 Å². The lowest BCUT2D eigenvalue weighted by Gasteiger charge is -2.26. The molecule has 1 aliphatic rings. The van der Waals surface area contributed by atoms with Crippen LogP contribution in [0.15, 0.2) is 0 Å². The van der Waals surface area contributed by atoms with Crippen LogP contribution in [-0.2, 0) is 14.8 Å². The van der Waals surface area contributed by atoms with Crippen molar-refractivity contribution in [3.05, 3.63) is 0 Å². The number of hydrogen-bond acceptors (Lipinski definition) is 4. The molecular formula is C11H22N2O4S. The molecule has 18 heavy (non-hydrogen) atoms. The highest BCUT2D eigenvalue weighted by Gasteiger charge is 2.35. The van der Waals surface area contributed by atoms with Crippen LogP contribution in [-0.4, -0.2) is 49.9 Å². The van der Waals surface area contributed by atoms with E-state index in [-0.39, 0.29) is 12.1 Å². The van der Waals surface area contributed by atoms with Crippen LogP contribution >= 0.6 is 0 Å². The predicted molar refractivity (Wildman–Crippen MR) is 68.8 cm³/mol. The van der Waals surface area contributed by atoms with Gasteiger partial charge in [-0.05, 0) is 34.1 Å². The van der Waals surface area contributed by atoms with Crippen molar-refractivity contribution < 1.29 is 17.9 Å². The normalized spacial score (nSPS) is 25.3. The van der Waals surface area contributed by atoms with Crippen molar-refractivity contribution in [1.29, 1.82) is 0 Å². The van der Waals surface area contributed by atoms with E-state index in [2.05, 4.69) is 4.72 Å². The summed E-state index contributed by atoms with van der Waals surface area (Å²) in [6, 6.07) is -0.262. The molecule has 106 valence electrons. The summed E-state index contributed by atoms with van der Waals surface area (Å²) < 4.78 is 30.1. The minimum absolute atomic E-state index is 0.0286. The summed E-state index contributed by atoms with van der Waals surface area (Å²) in [7, 11) is -3.24. The summed E-state index contributed by atoms with van der Waals surface area (Å²) in [4.78, 5) is 13.5. The van der Waals surface area contributed by atoms with Gasteiger partial charge in [0.15, 0.2) is 0 Å². The van der Waals surface area contributed by atoms with Gasteiger partial charge in [0, 0.05) is 18.6 Å². The molecule has 1 N–H and O–H groups in total. The second-order valence-corrected chi connectivity index (χ2v) is 7.58. The molecular weight excluding hydrogens is 256 g/mol. The first kappa shape index (κ1) is 15.2. The zero-order chi connectivity index (χ0) is 14.1. The first-order valence-electron chi connectivity index (χ1n) is 5.95. The molecule has 0 spiro atoms. The number of rotatable bonds is 2. The van der Waals surface area contributed by atoms with E-state index in [1.54, 1.807) is 25.7 Å². The Hall–Kier alpha value is -0.820. The Labute approximate surface area is 109 Å². The standard InChI is InChI=1S/C11H22N2O4S/c1-8-6-9(12-18(5,15)16)7-13(8)10(14)17-11(2,3)4/h8-9,12H,6-7H2,1-5H3/t8-,9-/m0/s1. The monoisotopic (exact) mass is 278 g/mol. The topological polar surface area (TPSA) is 75.7 Å². The van der Waals surface area contributed by atoms with Gasteiger partial charge in [0.2, 0.25) is 10.0 Å². The molecule has 0 aromatic rings. The van der Waals surface area contributed by atoms with Gasteiger partial charge in [-0.15, -0.1) is 0 Å². The smallest absolute Gasteiger partial charge is 0.410 e. The maximum Gasteiger partial charge on any atom is 0.410 e. The third-order valence-corrected chi connectivity index (χ3v) is 3.35. The molecule has 0 aliphatic carbocycles. The van der Waals surface area contributed by atoms with E-state index in [0.717, 1.165) is 6.26 Å². The number of hydrogen-bond donors (Lipinski definition) is 1. The number of amides is 1. The van der Waals surface area contributed by atoms with Gasteiger partial charge >= 0.3 is 6.09 Å². The molecule has 1 fully saturated rings. The van der Waals surface area contributed by atoms with Crippen LogP contribution in [0.25, 0.3) is 0 Å². The summed E-state index contributed by atoms with van der Waals surface area (Å²) in [6.07, 6.45) is 1.33. The lowest BCUT2D eigenvalue weighted by Crippen LogP contribution is -2.41. The summed E-state index contributed by atoms with van der Waals surface area (Å²) in [5.74, 6) is 0. The lowest BCUT2D eigenvalue weighted by molar-refractivity contribution is 0.0236. The summed E-state index contributed by atoms with van der Waals surface area (Å²) >= 11 is 0. The molecule has 1 amide bonds. The maximum absolute atomic E-state index is 11.9. The average molecular weight is 278 g/mol. The van der Waals surface area contributed by atoms with Crippen molar-refractivity contribution in [1.82, 2.24) is 9.62 Å². The molecule has 0 unspecified atom stereocenters. The van der Waals surface area contributed by atoms with Crippen LogP contribution in [0.2, 0.25) is 0 Å². The highest BCUT2D eigenvalue weighted by atomic mass is 32.2. The molecule has 1 heterocycles. The van der Waals surface area contributed by atoms with Crippen molar-refractivity contribution in [3.8, 4) is 0 Å². The van der Waals surface area contributed by atoms with Gasteiger partial charge in [-0.3, -0.25) is 0 Å². The largest absolute Gasteiger partial charge is 0.444 e. The van der Waals surface area contributed by atoms with Gasteiger partial charge in [0.1, 0.15) is 5.60 Å². The Morgan fingerprint density at radius 1 is 1.39 bits per heavy atom. The molecule has 1 aliphatic heterocycles. The van der Waals surface area contributed by atoms with Crippen molar-refractivity contribution in [2.24, 2.45) is 0 Å². The van der Waals surface area contributed by atoms with Gasteiger partial charge in [-0.25, -0.2) is 17.9 Å². The number of sulfonamides is 1. The second-order valence-electron chi connectivity index (χ2n) is 5.80. The molecule has 6 nitrogen and oxygen atoms in total. The Morgan fingerprint density at radius 2 is 1.94 bits per heavy atom. The Balaban J connectivity index is 2.62. The molecule has 7 heteroatoms. The van der Waals surface area contributed by atoms with Crippen LogP contribution in [0, 0.1) is 0 Å². The fourth-order valence-corrected chi connectivity index (χ4v) is 2.77. The number of carbonyl (C=O) groups excluding carboxylic acids is 1. The van der Waals surface area contributed by atoms with E-state index < -0.39 is 21.7 Å². The van der Waals surface area contributed by atoms with Crippen molar-refractivity contribution >= 4 is 16.1 Å². The second kappa shape index (κ2) is 5.05. The molecule has 0 aromatic carbocycles. The van der Waals surface area contributed by atoms with Crippen LogP contribution < -0.4 is 4.72 Å². The fraction of sp³-hybridized carbons (Fsp3) is 0.909. The summed E-state index contributed by atoms with van der Waals surface area (Å²) in [5.41, 5.74) is -0.543. The average Bonchev–Trinajstić information content (AvgIpc) is 2.39. The van der Waals surface area contributed by atoms with Crippen LogP contribution in [0.1, 0.15) is 34.1 Å². The Morgan fingerprint density at radius 3 is 2.39 bits per heavy atom. The molecule has 2 atom stereocenters. The van der Waals surface area contributed by atoms with Gasteiger partial charge in [0.25, 0.3) is 0 Å². The molecule has 1 saturated heterocycles. The highest BCUT2D eigenvalue weighted by molar-refractivity contribution is 7.88. The maximum atomic E-state index is 11.9. The van der Waals surface area contributed by atoms with Crippen molar-refractivity contribution in [2.45, 2.75) is 51.8 Å². The van der Waals surface area contributed by atoms with E-state index in [1.807, 2.05) is 6.92 Å². The van der Waals surface area contributed by atoms with E-state index in [0.29, 0.717) is 13.0 Å². The Kier molecular flexibility index (Phi) is 4.27. The third kappa shape index (κ3) is 4.81.